The van der Waals surface area contributed by atoms with E-state index in [1.165, 1.54) is 0 Å². The molecule has 2 heterocycles. The summed E-state index contributed by atoms with van der Waals surface area (Å²) in [7, 11) is -4.39. The van der Waals surface area contributed by atoms with Crippen molar-refractivity contribution in [2.24, 2.45) is 5.73 Å². The number of carbonyl (C=O) groups is 1. The summed E-state index contributed by atoms with van der Waals surface area (Å²) in [5.41, 5.74) is 4.97. The maximum atomic E-state index is 15.4. The van der Waals surface area contributed by atoms with Crippen molar-refractivity contribution >= 4 is 27.5 Å². The van der Waals surface area contributed by atoms with Crippen molar-refractivity contribution < 1.29 is 40.2 Å². The predicted molar refractivity (Wildman–Crippen MR) is 111 cm³/mol. The van der Waals surface area contributed by atoms with E-state index in [9.17, 15) is 26.4 Å². The van der Waals surface area contributed by atoms with Crippen LogP contribution in [-0.2, 0) is 10.0 Å². The highest BCUT2D eigenvalue weighted by Gasteiger charge is 2.40. The second-order valence-corrected chi connectivity index (χ2v) is 10.1. The third kappa shape index (κ3) is 4.91. The van der Waals surface area contributed by atoms with Crippen LogP contribution in [0.5, 0.6) is 17.4 Å². The highest BCUT2D eigenvalue weighted by atomic mass is 35.5. The van der Waals surface area contributed by atoms with Crippen molar-refractivity contribution in [1.29, 1.82) is 0 Å². The van der Waals surface area contributed by atoms with Crippen molar-refractivity contribution in [3.05, 3.63) is 40.3 Å². The van der Waals surface area contributed by atoms with Gasteiger partial charge >= 0.3 is 6.18 Å². The van der Waals surface area contributed by atoms with Crippen LogP contribution in [-0.4, -0.2) is 49.5 Å². The quantitative estimate of drug-likeness (QED) is 0.524. The normalized spacial score (nSPS) is 16.7. The number of hydrogen-bond acceptors (Lipinski definition) is 6. The minimum absolute atomic E-state index is 0.166. The van der Waals surface area contributed by atoms with Crippen LogP contribution < -0.4 is 15.2 Å². The van der Waals surface area contributed by atoms with Crippen LogP contribution in [0.15, 0.2) is 23.2 Å². The molecule has 1 aromatic carbocycles. The molecule has 0 spiro atoms. The summed E-state index contributed by atoms with van der Waals surface area (Å²) >= 11 is 5.95. The van der Waals surface area contributed by atoms with Gasteiger partial charge in [-0.15, -0.1) is 0 Å². The molecule has 4 rings (SSSR count). The van der Waals surface area contributed by atoms with E-state index >= 15 is 4.39 Å². The number of nitrogens with two attached hydrogens (primary N) is 1. The molecule has 1 saturated heterocycles. The van der Waals surface area contributed by atoms with E-state index in [0.29, 0.717) is 19.3 Å². The van der Waals surface area contributed by atoms with Gasteiger partial charge in [0.15, 0.2) is 23.1 Å². The van der Waals surface area contributed by atoms with E-state index in [4.69, 9.17) is 22.1 Å². The Bertz CT molecular complexity index is 1250. The lowest BCUT2D eigenvalue weighted by atomic mass is 10.0. The fourth-order valence-electron chi connectivity index (χ4n) is 3.34. The van der Waals surface area contributed by atoms with Gasteiger partial charge in [-0.3, -0.25) is 4.79 Å². The molecule has 184 valence electrons. The van der Waals surface area contributed by atoms with Gasteiger partial charge in [-0.1, -0.05) is 11.6 Å². The lowest BCUT2D eigenvalue weighted by Gasteiger charge is -2.31. The topological polar surface area (TPSA) is 112 Å². The molecule has 0 atom stereocenters. The minimum atomic E-state index is -4.61. The van der Waals surface area contributed by atoms with Crippen molar-refractivity contribution in [1.82, 2.24) is 9.29 Å². The standard InChI is InChI=1S/C20H18ClF4N3O5S/c21-14-6-11(8-27-19(14)32-9-20(23,24)25)33-16-12(10-2-3-10)7-13(18(26)29)15(22)17(16)34(30,31)28-4-1-5-28/h6-8,10H,1-5,9H2,(H2,26,29). The van der Waals surface area contributed by atoms with Gasteiger partial charge in [0.1, 0.15) is 10.8 Å². The van der Waals surface area contributed by atoms with Gasteiger partial charge in [0, 0.05) is 24.7 Å². The van der Waals surface area contributed by atoms with Gasteiger partial charge in [-0.25, -0.2) is 17.8 Å². The van der Waals surface area contributed by atoms with Crippen LogP contribution in [0.25, 0.3) is 0 Å². The lowest BCUT2D eigenvalue weighted by molar-refractivity contribution is -0.154. The highest BCUT2D eigenvalue weighted by Crippen LogP contribution is 2.49. The summed E-state index contributed by atoms with van der Waals surface area (Å²) in [4.78, 5) is 14.7. The zero-order chi connectivity index (χ0) is 24.8. The molecule has 14 heteroatoms. The number of aromatic nitrogens is 1. The first-order valence-corrected chi connectivity index (χ1v) is 11.9. The Labute approximate surface area is 196 Å². The van der Waals surface area contributed by atoms with E-state index in [0.717, 1.165) is 22.6 Å². The molecule has 1 aromatic heterocycles. The molecule has 8 nitrogen and oxygen atoms in total. The Morgan fingerprint density at radius 2 is 1.94 bits per heavy atom. The SMILES string of the molecule is NC(=O)c1cc(C2CC2)c(Oc2cnc(OCC(F)(F)F)c(Cl)c2)c(S(=O)(=O)N2CCC2)c1F. The van der Waals surface area contributed by atoms with Crippen molar-refractivity contribution in [2.75, 3.05) is 19.7 Å². The number of pyridine rings is 1. The van der Waals surface area contributed by atoms with Gasteiger partial charge < -0.3 is 15.2 Å². The smallest absolute Gasteiger partial charge is 0.422 e. The molecule has 2 N–H and O–H groups in total. The molecule has 1 aliphatic carbocycles. The Balaban J connectivity index is 1.79. The monoisotopic (exact) mass is 523 g/mol. The zero-order valence-corrected chi connectivity index (χ0v) is 18.9. The average molecular weight is 524 g/mol. The number of primary amides is 1. The van der Waals surface area contributed by atoms with Gasteiger partial charge in [0.2, 0.25) is 15.9 Å². The molecule has 0 unspecified atom stereocenters. The minimum Gasteiger partial charge on any atom is -0.467 e. The molecular weight excluding hydrogens is 506 g/mol. The van der Waals surface area contributed by atoms with Crippen molar-refractivity contribution in [2.45, 2.75) is 36.3 Å². The first-order chi connectivity index (χ1) is 15.9. The number of nitrogens with zero attached hydrogens (tertiary/aromatic N) is 2. The number of ether oxygens (including phenoxy) is 2. The average Bonchev–Trinajstić information content (AvgIpc) is 3.49. The second kappa shape index (κ2) is 8.86. The Morgan fingerprint density at radius 3 is 2.44 bits per heavy atom. The van der Waals surface area contributed by atoms with E-state index < -0.39 is 50.9 Å². The molecular formula is C20H18ClF4N3O5S. The van der Waals surface area contributed by atoms with E-state index in [2.05, 4.69) is 9.72 Å². The maximum absolute atomic E-state index is 15.4. The number of carbonyl (C=O) groups excluding carboxylic acids is 1. The molecule has 1 amide bonds. The summed E-state index contributed by atoms with van der Waals surface area (Å²) in [5.74, 6) is -3.71. The molecule has 34 heavy (non-hydrogen) atoms. The van der Waals surface area contributed by atoms with Crippen LogP contribution in [0.3, 0.4) is 0 Å². The molecule has 2 aromatic rings. The van der Waals surface area contributed by atoms with Crippen LogP contribution in [0.4, 0.5) is 17.6 Å². The van der Waals surface area contributed by atoms with Crippen LogP contribution in [0.2, 0.25) is 5.02 Å². The highest BCUT2D eigenvalue weighted by molar-refractivity contribution is 7.89. The van der Waals surface area contributed by atoms with Gasteiger partial charge in [0.05, 0.1) is 11.8 Å². The number of amides is 1. The molecule has 2 aliphatic rings. The third-order valence-corrected chi connectivity index (χ3v) is 7.47. The fraction of sp³-hybridized carbons (Fsp3) is 0.400. The second-order valence-electron chi connectivity index (χ2n) is 7.85. The summed E-state index contributed by atoms with van der Waals surface area (Å²) in [5, 5.41) is -0.337. The van der Waals surface area contributed by atoms with E-state index in [-0.39, 0.29) is 41.1 Å². The molecule has 1 aliphatic heterocycles. The number of halogens is 5. The largest absolute Gasteiger partial charge is 0.467 e. The number of benzene rings is 1. The van der Waals surface area contributed by atoms with E-state index in [1.54, 1.807) is 0 Å². The first kappa shape index (κ1) is 24.5. The van der Waals surface area contributed by atoms with Gasteiger partial charge in [-0.2, -0.15) is 17.5 Å². The first-order valence-electron chi connectivity index (χ1n) is 10.1. The predicted octanol–water partition coefficient (Wildman–Crippen LogP) is 3.98. The Morgan fingerprint density at radius 1 is 1.26 bits per heavy atom. The molecule has 0 bridgehead atoms. The summed E-state index contributed by atoms with van der Waals surface area (Å²) in [6.07, 6.45) is -1.77. The molecule has 2 fully saturated rings. The summed E-state index contributed by atoms with van der Waals surface area (Å²) in [6.45, 7) is -1.29. The van der Waals surface area contributed by atoms with Gasteiger partial charge in [-0.05, 0) is 31.2 Å². The molecule has 0 radical (unpaired) electrons. The summed E-state index contributed by atoms with van der Waals surface area (Å²) < 4.78 is 90.3. The third-order valence-electron chi connectivity index (χ3n) is 5.27. The van der Waals surface area contributed by atoms with Crippen molar-refractivity contribution in [3.8, 4) is 17.4 Å². The zero-order valence-electron chi connectivity index (χ0n) is 17.4. The maximum Gasteiger partial charge on any atom is 0.422 e. The number of alkyl halides is 3. The number of hydrogen-bond donors (Lipinski definition) is 1. The van der Waals surface area contributed by atoms with Crippen molar-refractivity contribution in [3.63, 3.8) is 0 Å². The van der Waals surface area contributed by atoms with Crippen LogP contribution in [0, 0.1) is 5.82 Å². The molecule has 1 saturated carbocycles. The Hall–Kier alpha value is -2.64. The Kier molecular flexibility index (Phi) is 6.38. The van der Waals surface area contributed by atoms with Gasteiger partial charge in [0.25, 0.3) is 5.91 Å². The van der Waals surface area contributed by atoms with Crippen LogP contribution >= 0.6 is 11.6 Å². The fourth-order valence-corrected chi connectivity index (χ4v) is 5.28. The van der Waals surface area contributed by atoms with Crippen LogP contribution in [0.1, 0.15) is 41.1 Å². The summed E-state index contributed by atoms with van der Waals surface area (Å²) in [6, 6.07) is 2.23. The number of sulfonamides is 1. The van der Waals surface area contributed by atoms with E-state index in [1.807, 2.05) is 0 Å². The number of rotatable bonds is 8. The lowest BCUT2D eigenvalue weighted by Crippen LogP contribution is -2.42.